The van der Waals surface area contributed by atoms with Gasteiger partial charge in [0, 0.05) is 58.0 Å². The Morgan fingerprint density at radius 1 is 1.22 bits per heavy atom. The Kier molecular flexibility index (Phi) is 10.3. The lowest BCUT2D eigenvalue weighted by Crippen LogP contribution is -2.49. The first-order valence-corrected chi connectivity index (χ1v) is 11.1. The van der Waals surface area contributed by atoms with E-state index in [1.807, 2.05) is 6.92 Å². The number of aliphatic hydroxyl groups is 1. The first-order valence-electron chi connectivity index (χ1n) is 11.1. The van der Waals surface area contributed by atoms with Crippen LogP contribution in [-0.2, 0) is 14.3 Å². The molecule has 0 aromatic heterocycles. The molecular formula is C23H36FN3O5. The lowest BCUT2D eigenvalue weighted by molar-refractivity contribution is -0.139. The molecule has 0 spiro atoms. The summed E-state index contributed by atoms with van der Waals surface area (Å²) in [4.78, 5) is 28.9. The number of nitrogens with one attached hydrogen (secondary N) is 1. The number of benzene rings is 1. The summed E-state index contributed by atoms with van der Waals surface area (Å²) in [6, 6.07) is 4.67. The zero-order valence-corrected chi connectivity index (χ0v) is 19.4. The van der Waals surface area contributed by atoms with Crippen molar-refractivity contribution in [3.8, 4) is 0 Å². The number of ether oxygens (including phenoxy) is 2. The molecule has 1 aliphatic heterocycles. The molecule has 180 valence electrons. The molecule has 0 unspecified atom stereocenters. The molecule has 3 atom stereocenters. The maximum Gasteiger partial charge on any atom is 0.322 e. The zero-order valence-electron chi connectivity index (χ0n) is 19.4. The average Bonchev–Trinajstić information content (AvgIpc) is 2.81. The van der Waals surface area contributed by atoms with Crippen LogP contribution in [0.4, 0.5) is 14.9 Å². The van der Waals surface area contributed by atoms with Gasteiger partial charge in [0.25, 0.3) is 0 Å². The number of halogens is 1. The van der Waals surface area contributed by atoms with E-state index in [0.717, 1.165) is 12.8 Å². The SMILES string of the molecule is CO[C@H](CN(C)C(=O)C1CCOCC1)[C@H](C)CN(C(=O)Nc1ccc(F)cc1)[C@H](C)CO. The topological polar surface area (TPSA) is 91.3 Å². The largest absolute Gasteiger partial charge is 0.394 e. The second-order valence-electron chi connectivity index (χ2n) is 8.48. The number of aliphatic hydroxyl groups excluding tert-OH is 1. The van der Waals surface area contributed by atoms with Gasteiger partial charge in [-0.1, -0.05) is 6.92 Å². The summed E-state index contributed by atoms with van der Waals surface area (Å²) in [6.07, 6.45) is 1.15. The van der Waals surface area contributed by atoms with Crippen molar-refractivity contribution in [1.82, 2.24) is 9.80 Å². The second-order valence-corrected chi connectivity index (χ2v) is 8.48. The van der Waals surface area contributed by atoms with Crippen LogP contribution in [0.25, 0.3) is 0 Å². The Labute approximate surface area is 189 Å². The third-order valence-corrected chi connectivity index (χ3v) is 5.98. The maximum absolute atomic E-state index is 13.1. The minimum atomic E-state index is -0.433. The number of hydrogen-bond donors (Lipinski definition) is 2. The van der Waals surface area contributed by atoms with Crippen LogP contribution in [0, 0.1) is 17.7 Å². The Hall–Kier alpha value is -2.23. The highest BCUT2D eigenvalue weighted by atomic mass is 19.1. The molecule has 2 N–H and O–H groups in total. The molecule has 2 rings (SSSR count). The van der Waals surface area contributed by atoms with Gasteiger partial charge in [0.15, 0.2) is 0 Å². The van der Waals surface area contributed by atoms with Crippen molar-refractivity contribution in [2.24, 2.45) is 11.8 Å². The van der Waals surface area contributed by atoms with Crippen molar-refractivity contribution in [3.05, 3.63) is 30.1 Å². The maximum atomic E-state index is 13.1. The number of hydrogen-bond acceptors (Lipinski definition) is 5. The Morgan fingerprint density at radius 3 is 2.41 bits per heavy atom. The van der Waals surface area contributed by atoms with Gasteiger partial charge >= 0.3 is 6.03 Å². The summed E-state index contributed by atoms with van der Waals surface area (Å²) < 4.78 is 24.1. The quantitative estimate of drug-likeness (QED) is 0.568. The van der Waals surface area contributed by atoms with E-state index in [1.165, 1.54) is 29.2 Å². The smallest absolute Gasteiger partial charge is 0.322 e. The number of carbonyl (C=O) groups is 2. The number of nitrogens with zero attached hydrogens (tertiary/aromatic N) is 2. The predicted molar refractivity (Wildman–Crippen MR) is 120 cm³/mol. The van der Waals surface area contributed by atoms with E-state index in [9.17, 15) is 19.1 Å². The van der Waals surface area contributed by atoms with Crippen molar-refractivity contribution in [2.75, 3.05) is 52.4 Å². The van der Waals surface area contributed by atoms with Gasteiger partial charge in [-0.05, 0) is 44.0 Å². The third-order valence-electron chi connectivity index (χ3n) is 5.98. The average molecular weight is 454 g/mol. The molecule has 9 heteroatoms. The Morgan fingerprint density at radius 2 is 1.84 bits per heavy atom. The molecule has 0 aliphatic carbocycles. The fraction of sp³-hybridized carbons (Fsp3) is 0.652. The van der Waals surface area contributed by atoms with E-state index in [-0.39, 0.29) is 36.3 Å². The molecular weight excluding hydrogens is 417 g/mol. The van der Waals surface area contributed by atoms with E-state index < -0.39 is 12.1 Å². The fourth-order valence-corrected chi connectivity index (χ4v) is 3.82. The monoisotopic (exact) mass is 453 g/mol. The molecule has 0 saturated carbocycles. The van der Waals surface area contributed by atoms with Crippen molar-refractivity contribution in [1.29, 1.82) is 0 Å². The number of likely N-dealkylation sites (N-methyl/N-ethyl adjacent to an activating group) is 1. The summed E-state index contributed by atoms with van der Waals surface area (Å²) in [6.45, 7) is 5.41. The van der Waals surface area contributed by atoms with Crippen LogP contribution in [0.1, 0.15) is 26.7 Å². The van der Waals surface area contributed by atoms with E-state index in [2.05, 4.69) is 5.32 Å². The van der Waals surface area contributed by atoms with Crippen LogP contribution in [0.5, 0.6) is 0 Å². The molecule has 1 aliphatic rings. The van der Waals surface area contributed by atoms with Crippen molar-refractivity contribution >= 4 is 17.6 Å². The summed E-state index contributed by atoms with van der Waals surface area (Å²) in [5, 5.41) is 12.4. The normalized spacial score (nSPS) is 17.3. The molecule has 32 heavy (non-hydrogen) atoms. The van der Waals surface area contributed by atoms with Gasteiger partial charge in [0.2, 0.25) is 5.91 Å². The highest BCUT2D eigenvalue weighted by molar-refractivity contribution is 5.89. The highest BCUT2D eigenvalue weighted by Gasteiger charge is 2.30. The van der Waals surface area contributed by atoms with Crippen molar-refractivity contribution < 1.29 is 28.6 Å². The molecule has 0 bridgehead atoms. The summed E-state index contributed by atoms with van der Waals surface area (Å²) in [7, 11) is 3.36. The van der Waals surface area contributed by atoms with Gasteiger partial charge in [0.1, 0.15) is 5.82 Å². The van der Waals surface area contributed by atoms with Crippen LogP contribution >= 0.6 is 0 Å². The molecule has 3 amide bonds. The van der Waals surface area contributed by atoms with E-state index in [1.54, 1.807) is 26.0 Å². The van der Waals surface area contributed by atoms with Crippen molar-refractivity contribution in [3.63, 3.8) is 0 Å². The van der Waals surface area contributed by atoms with Gasteiger partial charge in [-0.25, -0.2) is 9.18 Å². The number of urea groups is 1. The minimum absolute atomic E-state index is 0.0334. The Bertz CT molecular complexity index is 727. The second kappa shape index (κ2) is 12.7. The standard InChI is InChI=1S/C23H36FN3O5/c1-16(21(31-4)14-26(3)22(29)18-9-11-32-12-10-18)13-27(17(2)15-28)23(30)25-20-7-5-19(24)6-8-20/h5-8,16-18,21,28H,9-15H2,1-4H3,(H,25,30)/t16-,17-,21-/m1/s1. The lowest BCUT2D eigenvalue weighted by atomic mass is 9.97. The molecule has 1 heterocycles. The van der Waals surface area contributed by atoms with E-state index in [4.69, 9.17) is 9.47 Å². The molecule has 1 aromatic carbocycles. The predicted octanol–water partition coefficient (Wildman–Crippen LogP) is 2.58. The number of methoxy groups -OCH3 is 1. The van der Waals surface area contributed by atoms with Crippen LogP contribution in [0.15, 0.2) is 24.3 Å². The summed E-state index contributed by atoms with van der Waals surface area (Å²) in [5.74, 6) is -0.455. The molecule has 8 nitrogen and oxygen atoms in total. The molecule has 1 fully saturated rings. The molecule has 1 saturated heterocycles. The molecule has 1 aromatic rings. The van der Waals surface area contributed by atoms with Crippen molar-refractivity contribution in [2.45, 2.75) is 38.8 Å². The Balaban J connectivity index is 2.00. The number of rotatable bonds is 10. The summed E-state index contributed by atoms with van der Waals surface area (Å²) >= 11 is 0. The number of anilines is 1. The van der Waals surface area contributed by atoms with Gasteiger partial charge in [-0.15, -0.1) is 0 Å². The van der Waals surface area contributed by atoms with Gasteiger partial charge in [-0.3, -0.25) is 4.79 Å². The van der Waals surface area contributed by atoms with Gasteiger partial charge < -0.3 is 29.7 Å². The number of carbonyl (C=O) groups excluding carboxylic acids is 2. The lowest BCUT2D eigenvalue weighted by Gasteiger charge is -2.35. The highest BCUT2D eigenvalue weighted by Crippen LogP contribution is 2.19. The third kappa shape index (κ3) is 7.43. The van der Waals surface area contributed by atoms with Crippen LogP contribution in [0.2, 0.25) is 0 Å². The van der Waals surface area contributed by atoms with Crippen LogP contribution in [-0.4, -0.2) is 86.1 Å². The van der Waals surface area contributed by atoms with Gasteiger partial charge in [-0.2, -0.15) is 0 Å². The van der Waals surface area contributed by atoms with Crippen LogP contribution in [0.3, 0.4) is 0 Å². The first kappa shape index (κ1) is 26.0. The van der Waals surface area contributed by atoms with Crippen LogP contribution < -0.4 is 5.32 Å². The summed E-state index contributed by atoms with van der Waals surface area (Å²) in [5.41, 5.74) is 0.462. The minimum Gasteiger partial charge on any atom is -0.394 e. The van der Waals surface area contributed by atoms with E-state index >= 15 is 0 Å². The molecule has 0 radical (unpaired) electrons. The first-order chi connectivity index (χ1) is 15.3. The zero-order chi connectivity index (χ0) is 23.7. The number of amides is 3. The van der Waals surface area contributed by atoms with Gasteiger partial charge in [0.05, 0.1) is 18.8 Å². The van der Waals surface area contributed by atoms with E-state index in [0.29, 0.717) is 32.0 Å². The fourth-order valence-electron chi connectivity index (χ4n) is 3.82.